The Morgan fingerprint density at radius 3 is 2.90 bits per heavy atom. The first-order valence-corrected chi connectivity index (χ1v) is 9.78. The number of aromatic amines is 1. The Kier molecular flexibility index (Phi) is 5.83. The summed E-state index contributed by atoms with van der Waals surface area (Å²) >= 11 is 7.33. The van der Waals surface area contributed by atoms with E-state index in [0.29, 0.717) is 21.6 Å². The molecule has 2 N–H and O–H groups in total. The third-order valence-electron chi connectivity index (χ3n) is 3.74. The van der Waals surface area contributed by atoms with Crippen LogP contribution in [0.25, 0.3) is 11.0 Å². The van der Waals surface area contributed by atoms with Gasteiger partial charge < -0.3 is 14.1 Å². The Morgan fingerprint density at radius 1 is 1.21 bits per heavy atom. The number of ether oxygens (including phenoxy) is 1. The second-order valence-electron chi connectivity index (χ2n) is 5.83. The molecule has 2 aromatic carbocycles. The third kappa shape index (κ3) is 4.98. The number of para-hydroxylation sites is 3. The number of amides is 1. The Morgan fingerprint density at radius 2 is 2.03 bits per heavy atom. The van der Waals surface area contributed by atoms with Gasteiger partial charge in [-0.1, -0.05) is 35.9 Å². The Labute approximate surface area is 175 Å². The van der Waals surface area contributed by atoms with Crippen LogP contribution in [-0.4, -0.2) is 28.7 Å². The van der Waals surface area contributed by atoms with E-state index < -0.39 is 5.91 Å². The van der Waals surface area contributed by atoms with Crippen LogP contribution in [0.5, 0.6) is 5.75 Å². The van der Waals surface area contributed by atoms with E-state index in [9.17, 15) is 4.79 Å². The molecule has 0 unspecified atom stereocenters. The molecule has 0 saturated carbocycles. The maximum Gasteiger partial charge on any atom is 0.277 e. The van der Waals surface area contributed by atoms with Crippen molar-refractivity contribution in [3.63, 3.8) is 0 Å². The number of H-pyrrole nitrogens is 1. The number of halogens is 1. The van der Waals surface area contributed by atoms with Crippen molar-refractivity contribution in [3.05, 3.63) is 71.4 Å². The monoisotopic (exact) mass is 426 g/mol. The summed E-state index contributed by atoms with van der Waals surface area (Å²) in [4.78, 5) is 19.5. The molecule has 29 heavy (non-hydrogen) atoms. The SMILES string of the molecule is O=C(COc1ccccc1Cl)N/N=C/c1ccc(Sc2nc3ccccc3[nH]2)o1. The maximum atomic E-state index is 11.8. The summed E-state index contributed by atoms with van der Waals surface area (Å²) in [6.07, 6.45) is 1.41. The number of benzene rings is 2. The number of carbonyl (C=O) groups excluding carboxylic acids is 1. The van der Waals surface area contributed by atoms with Gasteiger partial charge in [-0.25, -0.2) is 10.4 Å². The van der Waals surface area contributed by atoms with Crippen LogP contribution in [0.15, 0.2) is 80.4 Å². The van der Waals surface area contributed by atoms with E-state index in [1.165, 1.54) is 18.0 Å². The number of aromatic nitrogens is 2. The number of hydrazone groups is 1. The smallest absolute Gasteiger partial charge is 0.277 e. The predicted octanol–water partition coefficient (Wildman–Crippen LogP) is 4.49. The molecule has 146 valence electrons. The molecule has 4 rings (SSSR count). The van der Waals surface area contributed by atoms with Crippen molar-refractivity contribution >= 4 is 46.5 Å². The summed E-state index contributed by atoms with van der Waals surface area (Å²) in [7, 11) is 0. The van der Waals surface area contributed by atoms with Crippen molar-refractivity contribution in [1.82, 2.24) is 15.4 Å². The number of carbonyl (C=O) groups is 1. The van der Waals surface area contributed by atoms with Crippen molar-refractivity contribution in [2.24, 2.45) is 5.10 Å². The summed E-state index contributed by atoms with van der Waals surface area (Å²) < 4.78 is 11.0. The fourth-order valence-electron chi connectivity index (χ4n) is 2.44. The Bertz CT molecular complexity index is 1140. The van der Waals surface area contributed by atoms with Crippen LogP contribution < -0.4 is 10.2 Å². The third-order valence-corrected chi connectivity index (χ3v) is 4.86. The molecule has 0 saturated heterocycles. The van der Waals surface area contributed by atoms with E-state index >= 15 is 0 Å². The molecule has 1 amide bonds. The molecule has 4 aromatic rings. The molecule has 0 aliphatic heterocycles. The fourth-order valence-corrected chi connectivity index (χ4v) is 3.40. The second-order valence-corrected chi connectivity index (χ2v) is 7.23. The number of hydrogen-bond donors (Lipinski definition) is 2. The van der Waals surface area contributed by atoms with Gasteiger partial charge in [0.1, 0.15) is 11.5 Å². The molecular formula is C20H15ClN4O3S. The van der Waals surface area contributed by atoms with E-state index in [4.69, 9.17) is 20.8 Å². The van der Waals surface area contributed by atoms with Gasteiger partial charge in [0.2, 0.25) is 0 Å². The van der Waals surface area contributed by atoms with Crippen LogP contribution in [0.3, 0.4) is 0 Å². The molecule has 0 radical (unpaired) electrons. The average Bonchev–Trinajstić information content (AvgIpc) is 3.33. The highest BCUT2D eigenvalue weighted by Crippen LogP contribution is 2.28. The number of nitrogens with zero attached hydrogens (tertiary/aromatic N) is 2. The van der Waals surface area contributed by atoms with E-state index in [1.807, 2.05) is 30.3 Å². The lowest BCUT2D eigenvalue weighted by Crippen LogP contribution is -2.24. The molecule has 7 nitrogen and oxygen atoms in total. The van der Waals surface area contributed by atoms with Crippen LogP contribution in [0.2, 0.25) is 5.02 Å². The van der Waals surface area contributed by atoms with Crippen molar-refractivity contribution in [3.8, 4) is 5.75 Å². The van der Waals surface area contributed by atoms with E-state index in [1.54, 1.807) is 30.3 Å². The maximum absolute atomic E-state index is 11.8. The quantitative estimate of drug-likeness (QED) is 0.335. The summed E-state index contributed by atoms with van der Waals surface area (Å²) in [6, 6.07) is 18.3. The van der Waals surface area contributed by atoms with Gasteiger partial charge >= 0.3 is 0 Å². The molecule has 0 fully saturated rings. The minimum absolute atomic E-state index is 0.202. The molecule has 2 heterocycles. The van der Waals surface area contributed by atoms with Crippen molar-refractivity contribution in [2.45, 2.75) is 10.2 Å². The molecule has 9 heteroatoms. The van der Waals surface area contributed by atoms with Gasteiger partial charge in [-0.05, 0) is 48.2 Å². The number of furan rings is 1. The number of rotatable bonds is 7. The van der Waals surface area contributed by atoms with Crippen molar-refractivity contribution in [2.75, 3.05) is 6.61 Å². The zero-order valence-corrected chi connectivity index (χ0v) is 16.5. The standard InChI is InChI=1S/C20H15ClN4O3S/c21-14-5-1-4-8-17(14)27-12-18(26)25-22-11-13-9-10-19(28-13)29-20-23-15-6-2-3-7-16(15)24-20/h1-11H,12H2,(H,23,24)(H,25,26)/b22-11+. The summed E-state index contributed by atoms with van der Waals surface area (Å²) in [6.45, 7) is -0.202. The van der Waals surface area contributed by atoms with Gasteiger partial charge in [-0.3, -0.25) is 4.79 Å². The molecular weight excluding hydrogens is 412 g/mol. The second kappa shape index (κ2) is 8.85. The van der Waals surface area contributed by atoms with Crippen LogP contribution in [0.1, 0.15) is 5.76 Å². The summed E-state index contributed by atoms with van der Waals surface area (Å²) in [5.41, 5.74) is 4.23. The predicted molar refractivity (Wildman–Crippen MR) is 112 cm³/mol. The topological polar surface area (TPSA) is 92.5 Å². The first-order valence-electron chi connectivity index (χ1n) is 8.59. The molecule has 0 aliphatic carbocycles. The van der Waals surface area contributed by atoms with Gasteiger partial charge in [0.25, 0.3) is 5.91 Å². The summed E-state index contributed by atoms with van der Waals surface area (Å²) in [5, 5.41) is 5.69. The first-order chi connectivity index (χ1) is 14.2. The van der Waals surface area contributed by atoms with Gasteiger partial charge in [0.15, 0.2) is 16.9 Å². The zero-order valence-electron chi connectivity index (χ0n) is 15.0. The van der Waals surface area contributed by atoms with Crippen LogP contribution >= 0.6 is 23.4 Å². The van der Waals surface area contributed by atoms with E-state index in [-0.39, 0.29) is 6.61 Å². The van der Waals surface area contributed by atoms with Gasteiger partial charge in [0.05, 0.1) is 22.3 Å². The summed E-state index contributed by atoms with van der Waals surface area (Å²) in [5.74, 6) is 0.520. The zero-order chi connectivity index (χ0) is 20.1. The highest BCUT2D eigenvalue weighted by Gasteiger charge is 2.08. The number of nitrogens with one attached hydrogen (secondary N) is 2. The van der Waals surface area contributed by atoms with Gasteiger partial charge in [-0.2, -0.15) is 5.10 Å². The highest BCUT2D eigenvalue weighted by molar-refractivity contribution is 7.99. The minimum atomic E-state index is -0.412. The molecule has 0 bridgehead atoms. The molecule has 0 spiro atoms. The Hall–Kier alpha value is -3.23. The lowest BCUT2D eigenvalue weighted by Gasteiger charge is -2.05. The van der Waals surface area contributed by atoms with Gasteiger partial charge in [-0.15, -0.1) is 0 Å². The van der Waals surface area contributed by atoms with Crippen molar-refractivity contribution < 1.29 is 13.9 Å². The first kappa shape index (κ1) is 19.1. The number of hydrogen-bond acceptors (Lipinski definition) is 6. The lowest BCUT2D eigenvalue weighted by molar-refractivity contribution is -0.123. The molecule has 2 aromatic heterocycles. The average molecular weight is 427 g/mol. The normalized spacial score (nSPS) is 11.2. The minimum Gasteiger partial charge on any atom is -0.482 e. The van der Waals surface area contributed by atoms with Crippen LogP contribution in [0.4, 0.5) is 0 Å². The van der Waals surface area contributed by atoms with E-state index in [0.717, 1.165) is 16.2 Å². The van der Waals surface area contributed by atoms with Gasteiger partial charge in [0, 0.05) is 0 Å². The fraction of sp³-hybridized carbons (Fsp3) is 0.0500. The number of imidazole rings is 1. The lowest BCUT2D eigenvalue weighted by atomic mass is 10.3. The number of fused-ring (bicyclic) bond motifs is 1. The largest absolute Gasteiger partial charge is 0.482 e. The molecule has 0 atom stereocenters. The molecule has 0 aliphatic rings. The van der Waals surface area contributed by atoms with E-state index in [2.05, 4.69) is 20.5 Å². The Balaban J connectivity index is 1.28. The van der Waals surface area contributed by atoms with Crippen LogP contribution in [-0.2, 0) is 4.79 Å². The van der Waals surface area contributed by atoms with Crippen molar-refractivity contribution in [1.29, 1.82) is 0 Å². The highest BCUT2D eigenvalue weighted by atomic mass is 35.5. The van der Waals surface area contributed by atoms with Crippen LogP contribution in [0, 0.1) is 0 Å².